The zero-order chi connectivity index (χ0) is 56.4. The van der Waals surface area contributed by atoms with Gasteiger partial charge in [-0.1, -0.05) is 54.6 Å². The number of para-hydroxylation sites is 3. The maximum atomic E-state index is 13.7. The van der Waals surface area contributed by atoms with E-state index in [0.29, 0.717) is 36.5 Å². The van der Waals surface area contributed by atoms with Crippen molar-refractivity contribution in [1.29, 1.82) is 0 Å². The van der Waals surface area contributed by atoms with Crippen molar-refractivity contribution in [1.82, 2.24) is 43.9 Å². The van der Waals surface area contributed by atoms with E-state index in [2.05, 4.69) is 96.4 Å². The molecule has 0 bridgehead atoms. The van der Waals surface area contributed by atoms with Crippen LogP contribution in [0.3, 0.4) is 0 Å². The van der Waals surface area contributed by atoms with Crippen molar-refractivity contribution in [3.8, 4) is 0 Å². The molecule has 18 heteroatoms. The van der Waals surface area contributed by atoms with E-state index in [9.17, 15) is 26.8 Å². The summed E-state index contributed by atoms with van der Waals surface area (Å²) in [5, 5.41) is 4.67. The number of nitrogens with zero attached hydrogens (tertiary/aromatic N) is 7. The lowest BCUT2D eigenvalue weighted by Crippen LogP contribution is -2.52. The minimum absolute atomic E-state index is 0.175. The van der Waals surface area contributed by atoms with Crippen LogP contribution >= 0.6 is 0 Å². The molecule has 0 radical (unpaired) electrons. The Kier molecular flexibility index (Phi) is 16.2. The van der Waals surface area contributed by atoms with Crippen molar-refractivity contribution < 1.29 is 26.8 Å². The topological polar surface area (TPSA) is 164 Å². The van der Waals surface area contributed by atoms with Crippen molar-refractivity contribution in [3.63, 3.8) is 0 Å². The number of H-pyrrole nitrogens is 4. The van der Waals surface area contributed by atoms with Gasteiger partial charge in [0.25, 0.3) is 0 Å². The molecule has 14 rings (SSSR count). The molecule has 424 valence electrons. The van der Waals surface area contributed by atoms with Gasteiger partial charge in [0.15, 0.2) is 0 Å². The number of fused-ring (bicyclic) bond motifs is 5. The highest BCUT2D eigenvalue weighted by Crippen LogP contribution is 2.38. The van der Waals surface area contributed by atoms with Gasteiger partial charge in [0.2, 0.25) is 15.9 Å². The zero-order valence-corrected chi connectivity index (χ0v) is 47.5. The fraction of sp³-hybridized carbons (Fsp3) is 0.381. The molecular weight excluding hydrogens is 1040 g/mol. The summed E-state index contributed by atoms with van der Waals surface area (Å²) in [4.78, 5) is 51.3. The van der Waals surface area contributed by atoms with Crippen LogP contribution in [0.5, 0.6) is 0 Å². The quantitative estimate of drug-likeness (QED) is 0.129. The van der Waals surface area contributed by atoms with Gasteiger partial charge in [-0.05, 0) is 128 Å². The van der Waals surface area contributed by atoms with Crippen LogP contribution in [0, 0.1) is 18.6 Å². The number of carbonyl (C=O) groups excluding carboxylic acids is 2. The molecule has 4 aromatic carbocycles. The molecule has 5 saturated heterocycles. The number of aromatic amines is 4. The number of piperidine rings is 3. The van der Waals surface area contributed by atoms with Gasteiger partial charge >= 0.3 is 6.03 Å². The van der Waals surface area contributed by atoms with Gasteiger partial charge in [0.05, 0.1) is 23.5 Å². The van der Waals surface area contributed by atoms with Crippen molar-refractivity contribution in [3.05, 3.63) is 162 Å². The largest absolute Gasteiger partial charge is 0.366 e. The first-order valence-electron chi connectivity index (χ1n) is 28.5. The molecule has 1 unspecified atom stereocenters. The highest BCUT2D eigenvalue weighted by molar-refractivity contribution is 7.88. The number of hydrogen-bond acceptors (Lipinski definition) is 7. The Morgan fingerprint density at radius 2 is 1.27 bits per heavy atom. The smallest absolute Gasteiger partial charge is 0.320 e. The summed E-state index contributed by atoms with van der Waals surface area (Å²) in [7, 11) is -1.22. The standard InChI is InChI=1S/C18H18FN3.C16H20N2O.C15H18N4O.C14H17FN2O2S/c19-14-4-5-15-16(12-21-17(15)11-14)13-6-9-22(10-7-13)18-3-1-2-8-20-18;1-11-16(14-5-3-4-6-15(14)17-11)13-7-9-18(10-8-13)12(2)19;1-17-9-11-10-18(6-7-19(11)15(17)20)14-8-16-13-5-3-2-4-12(13)14;1-20(18,19)17-7-5-10(6-8-17)12-9-16-14-11(12)3-2-4-13(14)15/h1-5,8,11-13,21H,6-7,9-10H2;3-6,13,17H,7-10H2,1-2H3;2-5,8,11,16H,6-7,9-10H2,1H3;2-4,9-10,16H,5-8H2,1H3. The molecule has 0 spiro atoms. The number of rotatable bonds is 6. The number of aromatic nitrogens is 5. The molecule has 81 heavy (non-hydrogen) atoms. The second-order valence-electron chi connectivity index (χ2n) is 22.4. The molecule has 5 aliphatic rings. The molecule has 10 heterocycles. The van der Waals surface area contributed by atoms with Crippen molar-refractivity contribution in [2.45, 2.75) is 76.2 Å². The SMILES string of the molecule is CC(=O)N1CCC(c2c(C)[nH]c3ccccc23)CC1.CN1CC2CN(c3c[nH]c4ccccc34)CCN2C1=O.CS(=O)(=O)N1CCC(c2c[nH]c3c(F)cccc23)CC1.Fc1ccc2c(C3CCN(c4ccccn4)CC3)c[nH]c2c1. The normalized spacial score (nSPS) is 18.7. The van der Waals surface area contributed by atoms with Gasteiger partial charge < -0.3 is 44.4 Å². The molecule has 0 saturated carbocycles. The lowest BCUT2D eigenvalue weighted by atomic mass is 9.87. The number of urea groups is 1. The zero-order valence-electron chi connectivity index (χ0n) is 46.7. The van der Waals surface area contributed by atoms with Crippen molar-refractivity contribution >= 4 is 77.1 Å². The van der Waals surface area contributed by atoms with Crippen LogP contribution in [-0.4, -0.2) is 149 Å². The maximum Gasteiger partial charge on any atom is 0.320 e. The molecule has 5 aliphatic heterocycles. The van der Waals surface area contributed by atoms with Gasteiger partial charge in [-0.25, -0.2) is 31.3 Å². The van der Waals surface area contributed by atoms with Gasteiger partial charge in [-0.2, -0.15) is 0 Å². The summed E-state index contributed by atoms with van der Waals surface area (Å²) in [6.07, 6.45) is 15.0. The van der Waals surface area contributed by atoms with Crippen LogP contribution < -0.4 is 9.80 Å². The number of nitrogens with one attached hydrogen (secondary N) is 4. The third-order valence-corrected chi connectivity index (χ3v) is 18.7. The second-order valence-corrected chi connectivity index (χ2v) is 24.4. The van der Waals surface area contributed by atoms with E-state index < -0.39 is 10.0 Å². The summed E-state index contributed by atoms with van der Waals surface area (Å²) in [6.45, 7) is 12.1. The summed E-state index contributed by atoms with van der Waals surface area (Å²) >= 11 is 0. The average Bonchev–Trinajstić information content (AvgIpc) is 4.50. The van der Waals surface area contributed by atoms with Gasteiger partial charge in [-0.3, -0.25) is 4.79 Å². The summed E-state index contributed by atoms with van der Waals surface area (Å²) in [5.41, 5.74) is 10.2. The summed E-state index contributed by atoms with van der Waals surface area (Å²) < 4.78 is 51.5. The average molecular weight is 1120 g/mol. The number of likely N-dealkylation sites (N-methyl/N-ethyl adjacent to an activating group) is 1. The molecule has 15 nitrogen and oxygen atoms in total. The van der Waals surface area contributed by atoms with E-state index in [1.807, 2.05) is 70.7 Å². The van der Waals surface area contributed by atoms with Gasteiger partial charge in [0.1, 0.15) is 17.5 Å². The minimum Gasteiger partial charge on any atom is -0.366 e. The first kappa shape index (κ1) is 55.2. The van der Waals surface area contributed by atoms with Gasteiger partial charge in [-0.15, -0.1) is 0 Å². The predicted octanol–water partition coefficient (Wildman–Crippen LogP) is 11.5. The lowest BCUT2D eigenvalue weighted by molar-refractivity contribution is -0.129. The number of carbonyl (C=O) groups is 2. The number of benzene rings is 4. The molecule has 9 aromatic rings. The minimum atomic E-state index is -3.10. The van der Waals surface area contributed by atoms with Crippen LogP contribution in [0.4, 0.5) is 25.1 Å². The molecule has 5 aromatic heterocycles. The third kappa shape index (κ3) is 11.9. The highest BCUT2D eigenvalue weighted by Gasteiger charge is 2.39. The number of sulfonamides is 1. The number of pyridine rings is 1. The summed E-state index contributed by atoms with van der Waals surface area (Å²) in [6, 6.07) is 33.5. The number of hydrogen-bond donors (Lipinski definition) is 4. The summed E-state index contributed by atoms with van der Waals surface area (Å²) in [5.74, 6) is 2.21. The van der Waals surface area contributed by atoms with Crippen LogP contribution in [0.25, 0.3) is 43.6 Å². The third-order valence-electron chi connectivity index (χ3n) is 17.4. The first-order chi connectivity index (χ1) is 39.2. The maximum absolute atomic E-state index is 13.7. The van der Waals surface area contributed by atoms with E-state index in [1.165, 1.54) is 60.9 Å². The molecule has 5 fully saturated rings. The monoisotopic (exact) mass is 1120 g/mol. The lowest BCUT2D eigenvalue weighted by Gasteiger charge is -2.37. The van der Waals surface area contributed by atoms with E-state index in [0.717, 1.165) is 119 Å². The van der Waals surface area contributed by atoms with Crippen LogP contribution in [0.2, 0.25) is 0 Å². The van der Waals surface area contributed by atoms with Crippen LogP contribution in [0.15, 0.2) is 128 Å². The predicted molar refractivity (Wildman–Crippen MR) is 320 cm³/mol. The Labute approximate surface area is 472 Å². The number of likely N-dealkylation sites (tertiary alicyclic amines) is 1. The molecule has 1 atom stereocenters. The van der Waals surface area contributed by atoms with Crippen LogP contribution in [0.1, 0.15) is 85.6 Å². The number of aryl methyl sites for hydroxylation is 1. The van der Waals surface area contributed by atoms with Gasteiger partial charge in [0, 0.05) is 148 Å². The second kappa shape index (κ2) is 23.8. The Bertz CT molecular complexity index is 3760. The van der Waals surface area contributed by atoms with Crippen molar-refractivity contribution in [2.24, 2.45) is 0 Å². The first-order valence-corrected chi connectivity index (χ1v) is 30.3. The van der Waals surface area contributed by atoms with Crippen molar-refractivity contribution in [2.75, 3.05) is 88.6 Å². The Hall–Kier alpha value is -7.70. The molecular formula is C63H73F2N11O4S. The highest BCUT2D eigenvalue weighted by atomic mass is 32.2. The van der Waals surface area contributed by atoms with E-state index in [1.54, 1.807) is 25.1 Å². The van der Waals surface area contributed by atoms with E-state index in [4.69, 9.17) is 0 Å². The number of halogens is 2. The molecule has 3 amide bonds. The Morgan fingerprint density at radius 1 is 0.630 bits per heavy atom. The molecule has 0 aliphatic carbocycles. The Morgan fingerprint density at radius 3 is 1.99 bits per heavy atom. The number of amides is 3. The fourth-order valence-corrected chi connectivity index (χ4v) is 14.0. The van der Waals surface area contributed by atoms with E-state index >= 15 is 0 Å². The molecule has 4 N–H and O–H groups in total. The number of anilines is 2. The Balaban J connectivity index is 0.000000114. The van der Waals surface area contributed by atoms with Crippen LogP contribution in [-0.2, 0) is 14.8 Å². The number of piperazine rings is 1. The van der Waals surface area contributed by atoms with E-state index in [-0.39, 0.29) is 29.5 Å². The fourth-order valence-electron chi connectivity index (χ4n) is 13.1.